The number of hydrogen-bond acceptors (Lipinski definition) is 4. The van der Waals surface area contributed by atoms with Gasteiger partial charge in [0.15, 0.2) is 5.78 Å². The highest BCUT2D eigenvalue weighted by Gasteiger charge is 2.21. The SMILES string of the molecule is C=C(C)c1cccc(O)c1C(=O)CCC.CC1CCC(=O)NC1=O. The van der Waals surface area contributed by atoms with Crippen molar-refractivity contribution in [3.8, 4) is 5.75 Å². The molecule has 5 heteroatoms. The number of rotatable bonds is 4. The summed E-state index contributed by atoms with van der Waals surface area (Å²) < 4.78 is 0. The van der Waals surface area contributed by atoms with Crippen molar-refractivity contribution in [3.63, 3.8) is 0 Å². The fourth-order valence-corrected chi connectivity index (χ4v) is 2.34. The van der Waals surface area contributed by atoms with Crippen molar-refractivity contribution in [2.24, 2.45) is 5.92 Å². The number of phenols is 1. The Morgan fingerprint density at radius 3 is 2.54 bits per heavy atom. The molecule has 1 heterocycles. The molecule has 0 aromatic heterocycles. The quantitative estimate of drug-likeness (QED) is 0.653. The predicted molar refractivity (Wildman–Crippen MR) is 93.6 cm³/mol. The first-order chi connectivity index (χ1) is 11.3. The van der Waals surface area contributed by atoms with Crippen LogP contribution in [0.25, 0.3) is 5.57 Å². The van der Waals surface area contributed by atoms with Crippen molar-refractivity contribution < 1.29 is 19.5 Å². The first-order valence-electron chi connectivity index (χ1n) is 8.12. The second kappa shape index (κ2) is 9.01. The van der Waals surface area contributed by atoms with Gasteiger partial charge in [-0.1, -0.05) is 38.1 Å². The third-order valence-electron chi connectivity index (χ3n) is 3.77. The first kappa shape index (κ1) is 19.6. The lowest BCUT2D eigenvalue weighted by Crippen LogP contribution is -2.39. The number of amides is 2. The van der Waals surface area contributed by atoms with Crippen LogP contribution in [0.2, 0.25) is 0 Å². The van der Waals surface area contributed by atoms with Gasteiger partial charge in [-0.15, -0.1) is 0 Å². The van der Waals surface area contributed by atoms with Gasteiger partial charge < -0.3 is 5.11 Å². The van der Waals surface area contributed by atoms with Crippen molar-refractivity contribution in [3.05, 3.63) is 35.9 Å². The number of imide groups is 1. The van der Waals surface area contributed by atoms with Crippen LogP contribution >= 0.6 is 0 Å². The number of hydrogen-bond donors (Lipinski definition) is 2. The van der Waals surface area contributed by atoms with Gasteiger partial charge in [-0.05, 0) is 31.4 Å². The van der Waals surface area contributed by atoms with E-state index in [1.807, 2.05) is 26.8 Å². The van der Waals surface area contributed by atoms with E-state index in [2.05, 4.69) is 11.9 Å². The normalized spacial score (nSPS) is 16.7. The molecule has 1 unspecified atom stereocenters. The number of carbonyl (C=O) groups is 3. The van der Waals surface area contributed by atoms with Gasteiger partial charge in [-0.3, -0.25) is 19.7 Å². The smallest absolute Gasteiger partial charge is 0.229 e. The van der Waals surface area contributed by atoms with Gasteiger partial charge in [0.25, 0.3) is 0 Å². The van der Waals surface area contributed by atoms with Crippen LogP contribution in [-0.4, -0.2) is 22.7 Å². The first-order valence-corrected chi connectivity index (χ1v) is 8.12. The molecule has 1 aliphatic rings. The Morgan fingerprint density at radius 2 is 2.04 bits per heavy atom. The van der Waals surface area contributed by atoms with Crippen molar-refractivity contribution in [2.75, 3.05) is 0 Å². The van der Waals surface area contributed by atoms with Crippen molar-refractivity contribution in [1.82, 2.24) is 5.32 Å². The number of aromatic hydroxyl groups is 1. The molecule has 0 saturated carbocycles. The lowest BCUT2D eigenvalue weighted by Gasteiger charge is -2.15. The maximum Gasteiger partial charge on any atom is 0.229 e. The molecule has 0 radical (unpaired) electrons. The van der Waals surface area contributed by atoms with Crippen LogP contribution in [0.1, 0.15) is 62.4 Å². The van der Waals surface area contributed by atoms with E-state index in [1.54, 1.807) is 6.07 Å². The van der Waals surface area contributed by atoms with E-state index < -0.39 is 0 Å². The molecule has 130 valence electrons. The number of carbonyl (C=O) groups excluding carboxylic acids is 3. The molecule has 1 aromatic rings. The average Bonchev–Trinajstić information content (AvgIpc) is 2.51. The molecule has 0 bridgehead atoms. The van der Waals surface area contributed by atoms with Gasteiger partial charge >= 0.3 is 0 Å². The summed E-state index contributed by atoms with van der Waals surface area (Å²) in [6.07, 6.45) is 2.43. The third-order valence-corrected chi connectivity index (χ3v) is 3.77. The molecule has 1 fully saturated rings. The second-order valence-electron chi connectivity index (χ2n) is 6.01. The maximum atomic E-state index is 11.8. The van der Waals surface area contributed by atoms with Crippen LogP contribution in [0.5, 0.6) is 5.75 Å². The topological polar surface area (TPSA) is 83.5 Å². The van der Waals surface area contributed by atoms with E-state index >= 15 is 0 Å². The third kappa shape index (κ3) is 5.33. The van der Waals surface area contributed by atoms with Gasteiger partial charge in [-0.2, -0.15) is 0 Å². The van der Waals surface area contributed by atoms with Gasteiger partial charge in [0.1, 0.15) is 5.75 Å². The number of Topliss-reactive ketones (excluding diaryl/α,β-unsaturated/α-hetero) is 1. The van der Waals surface area contributed by atoms with Gasteiger partial charge in [0, 0.05) is 18.8 Å². The summed E-state index contributed by atoms with van der Waals surface area (Å²) >= 11 is 0. The summed E-state index contributed by atoms with van der Waals surface area (Å²) in [5, 5.41) is 11.9. The summed E-state index contributed by atoms with van der Waals surface area (Å²) in [5.74, 6) is -0.227. The van der Waals surface area contributed by atoms with E-state index in [1.165, 1.54) is 6.07 Å². The highest BCUT2D eigenvalue weighted by atomic mass is 16.3. The minimum atomic E-state index is -0.141. The van der Waals surface area contributed by atoms with Crippen LogP contribution in [0.15, 0.2) is 24.8 Å². The van der Waals surface area contributed by atoms with Gasteiger partial charge in [-0.25, -0.2) is 0 Å². The van der Waals surface area contributed by atoms with E-state index in [0.29, 0.717) is 24.8 Å². The Morgan fingerprint density at radius 1 is 1.38 bits per heavy atom. The zero-order valence-corrected chi connectivity index (χ0v) is 14.5. The number of nitrogens with one attached hydrogen (secondary N) is 1. The highest BCUT2D eigenvalue weighted by molar-refractivity contribution is 6.02. The number of allylic oxidation sites excluding steroid dienone is 1. The van der Waals surface area contributed by atoms with Crippen molar-refractivity contribution in [2.45, 2.75) is 46.5 Å². The zero-order valence-electron chi connectivity index (χ0n) is 14.5. The predicted octanol–water partition coefficient (Wildman–Crippen LogP) is 3.47. The Labute approximate surface area is 142 Å². The summed E-state index contributed by atoms with van der Waals surface area (Å²) in [7, 11) is 0. The Bertz CT molecular complexity index is 649. The number of piperidine rings is 1. The molecule has 2 rings (SSSR count). The number of phenolic OH excluding ortho intramolecular Hbond substituents is 1. The van der Waals surface area contributed by atoms with Crippen LogP contribution in [0.3, 0.4) is 0 Å². The molecule has 1 aromatic carbocycles. The van der Waals surface area contributed by atoms with Crippen molar-refractivity contribution in [1.29, 1.82) is 0 Å². The number of ketones is 1. The molecule has 5 nitrogen and oxygen atoms in total. The zero-order chi connectivity index (χ0) is 18.3. The fourth-order valence-electron chi connectivity index (χ4n) is 2.34. The minimum Gasteiger partial charge on any atom is -0.507 e. The van der Waals surface area contributed by atoms with Gasteiger partial charge in [0.2, 0.25) is 11.8 Å². The van der Waals surface area contributed by atoms with Crippen LogP contribution in [-0.2, 0) is 9.59 Å². The second-order valence-corrected chi connectivity index (χ2v) is 6.01. The molecule has 0 aliphatic carbocycles. The largest absolute Gasteiger partial charge is 0.507 e. The molecule has 2 amide bonds. The molecule has 2 N–H and O–H groups in total. The molecular formula is C19H25NO4. The van der Waals surface area contributed by atoms with E-state index in [-0.39, 0.29) is 29.3 Å². The summed E-state index contributed by atoms with van der Waals surface area (Å²) in [6, 6.07) is 5.07. The van der Waals surface area contributed by atoms with E-state index in [0.717, 1.165) is 17.6 Å². The lowest BCUT2D eigenvalue weighted by atomic mass is 9.96. The van der Waals surface area contributed by atoms with Crippen LogP contribution < -0.4 is 5.32 Å². The lowest BCUT2D eigenvalue weighted by molar-refractivity contribution is -0.135. The summed E-state index contributed by atoms with van der Waals surface area (Å²) in [6.45, 7) is 9.40. The van der Waals surface area contributed by atoms with Gasteiger partial charge in [0.05, 0.1) is 5.56 Å². The van der Waals surface area contributed by atoms with E-state index in [4.69, 9.17) is 0 Å². The number of benzene rings is 1. The molecule has 1 saturated heterocycles. The maximum absolute atomic E-state index is 11.8. The van der Waals surface area contributed by atoms with Crippen LogP contribution in [0.4, 0.5) is 0 Å². The summed E-state index contributed by atoms with van der Waals surface area (Å²) in [5.41, 5.74) is 1.95. The van der Waals surface area contributed by atoms with Crippen LogP contribution in [0, 0.1) is 5.92 Å². The molecule has 0 spiro atoms. The summed E-state index contributed by atoms with van der Waals surface area (Å²) in [4.78, 5) is 32.9. The molecular weight excluding hydrogens is 306 g/mol. The Balaban J connectivity index is 0.000000272. The average molecular weight is 331 g/mol. The van der Waals surface area contributed by atoms with Crippen molar-refractivity contribution >= 4 is 23.2 Å². The monoisotopic (exact) mass is 331 g/mol. The minimum absolute atomic E-state index is 0.0164. The molecule has 1 aliphatic heterocycles. The standard InChI is InChI=1S/C13H16O2.C6H9NO2/c1-4-6-11(14)13-10(9(2)3)7-5-8-12(13)15;1-4-2-3-5(8)7-6(4)9/h5,7-8,15H,2,4,6H2,1,3H3;4H,2-3H2,1H3,(H,7,8,9). The fraction of sp³-hybridized carbons (Fsp3) is 0.421. The Kier molecular flexibility index (Phi) is 7.36. The molecule has 1 atom stereocenters. The van der Waals surface area contributed by atoms with E-state index in [9.17, 15) is 19.5 Å². The Hall–Kier alpha value is -2.43. The highest BCUT2D eigenvalue weighted by Crippen LogP contribution is 2.27. The molecule has 24 heavy (non-hydrogen) atoms.